The van der Waals surface area contributed by atoms with Gasteiger partial charge in [-0.3, -0.25) is 9.59 Å². The number of esters is 1. The molecule has 0 aromatic heterocycles. The molecule has 0 fully saturated rings. The van der Waals surface area contributed by atoms with Crippen LogP contribution in [0, 0.1) is 0 Å². The van der Waals surface area contributed by atoms with Crippen LogP contribution in [0.1, 0.15) is 33.6 Å². The Bertz CT molecular complexity index is 240. The van der Waals surface area contributed by atoms with Gasteiger partial charge in [0.25, 0.3) is 0 Å². The number of rotatable bonds is 5. The SMILES string of the molecule is CCCC(=O)C(=O)O.CCOC(=O)C(C)=O. The third-order valence-electron chi connectivity index (χ3n) is 1.28. The number of ketones is 2. The van der Waals surface area contributed by atoms with E-state index in [1.165, 1.54) is 6.92 Å². The third-order valence-corrected chi connectivity index (χ3v) is 1.28. The largest absolute Gasteiger partial charge is 0.476 e. The fourth-order valence-electron chi connectivity index (χ4n) is 0.567. The number of carbonyl (C=O) groups excluding carboxylic acids is 3. The van der Waals surface area contributed by atoms with Gasteiger partial charge in [-0.25, -0.2) is 9.59 Å². The van der Waals surface area contributed by atoms with Crippen LogP contribution in [0.25, 0.3) is 0 Å². The molecule has 0 aliphatic heterocycles. The number of hydrogen-bond donors (Lipinski definition) is 1. The van der Waals surface area contributed by atoms with Crippen LogP contribution in [0.2, 0.25) is 0 Å². The van der Waals surface area contributed by atoms with Crippen LogP contribution in [-0.2, 0) is 23.9 Å². The number of hydrogen-bond acceptors (Lipinski definition) is 5. The van der Waals surface area contributed by atoms with Crippen molar-refractivity contribution in [3.8, 4) is 0 Å². The van der Waals surface area contributed by atoms with Crippen molar-refractivity contribution >= 4 is 23.5 Å². The number of Topliss-reactive ketones (excluding diaryl/α,β-unsaturated/α-hetero) is 2. The lowest BCUT2D eigenvalue weighted by Crippen LogP contribution is -2.12. The van der Waals surface area contributed by atoms with E-state index in [-0.39, 0.29) is 13.0 Å². The van der Waals surface area contributed by atoms with Crippen molar-refractivity contribution in [1.29, 1.82) is 0 Å². The summed E-state index contributed by atoms with van der Waals surface area (Å²) >= 11 is 0. The highest BCUT2D eigenvalue weighted by Crippen LogP contribution is 1.87. The molecule has 0 saturated heterocycles. The van der Waals surface area contributed by atoms with Crippen LogP contribution in [0.15, 0.2) is 0 Å². The smallest absolute Gasteiger partial charge is 0.374 e. The second-order valence-corrected chi connectivity index (χ2v) is 2.75. The van der Waals surface area contributed by atoms with E-state index < -0.39 is 23.5 Å². The van der Waals surface area contributed by atoms with Crippen LogP contribution in [0.5, 0.6) is 0 Å². The van der Waals surface area contributed by atoms with Crippen molar-refractivity contribution in [2.75, 3.05) is 6.61 Å². The Morgan fingerprint density at radius 3 is 1.75 bits per heavy atom. The fourth-order valence-corrected chi connectivity index (χ4v) is 0.567. The molecular formula is C10H16O6. The summed E-state index contributed by atoms with van der Waals surface area (Å²) in [7, 11) is 0. The Balaban J connectivity index is 0. The van der Waals surface area contributed by atoms with E-state index in [9.17, 15) is 19.2 Å². The van der Waals surface area contributed by atoms with Crippen molar-refractivity contribution < 1.29 is 29.0 Å². The zero-order chi connectivity index (χ0) is 13.1. The Hall–Kier alpha value is -1.72. The van der Waals surface area contributed by atoms with E-state index in [2.05, 4.69) is 4.74 Å². The van der Waals surface area contributed by atoms with Gasteiger partial charge in [0.15, 0.2) is 0 Å². The number of carboxylic acid groups (broad SMARTS) is 1. The Morgan fingerprint density at radius 2 is 1.62 bits per heavy atom. The maximum Gasteiger partial charge on any atom is 0.374 e. The molecule has 0 aliphatic rings. The molecule has 0 saturated carbocycles. The summed E-state index contributed by atoms with van der Waals surface area (Å²) < 4.78 is 4.31. The van der Waals surface area contributed by atoms with Crippen LogP contribution in [-0.4, -0.2) is 35.2 Å². The summed E-state index contributed by atoms with van der Waals surface area (Å²) in [5.41, 5.74) is 0. The standard InChI is InChI=1S/2C5H8O3/c1-3-8-5(7)4(2)6;1-2-3-4(6)5(7)8/h3H2,1-2H3;2-3H2,1H3,(H,7,8). The van der Waals surface area contributed by atoms with Crippen molar-refractivity contribution in [2.24, 2.45) is 0 Å². The molecule has 0 rings (SSSR count). The molecular weight excluding hydrogens is 216 g/mol. The molecule has 0 radical (unpaired) electrons. The molecule has 0 unspecified atom stereocenters. The Morgan fingerprint density at radius 1 is 1.12 bits per heavy atom. The van der Waals surface area contributed by atoms with Gasteiger partial charge in [-0.15, -0.1) is 0 Å². The van der Waals surface area contributed by atoms with Gasteiger partial charge in [-0.05, 0) is 13.3 Å². The Labute approximate surface area is 93.6 Å². The molecule has 0 spiro atoms. The third kappa shape index (κ3) is 10.4. The number of carboxylic acids is 1. The molecule has 6 nitrogen and oxygen atoms in total. The van der Waals surface area contributed by atoms with Crippen LogP contribution >= 0.6 is 0 Å². The molecule has 0 heterocycles. The topological polar surface area (TPSA) is 97.7 Å². The normalized spacial score (nSPS) is 8.44. The van der Waals surface area contributed by atoms with Crippen molar-refractivity contribution in [2.45, 2.75) is 33.6 Å². The molecule has 0 aliphatic carbocycles. The first-order valence-corrected chi connectivity index (χ1v) is 4.80. The van der Waals surface area contributed by atoms with Crippen LogP contribution in [0.4, 0.5) is 0 Å². The number of carbonyl (C=O) groups is 4. The van der Waals surface area contributed by atoms with Crippen molar-refractivity contribution in [3.05, 3.63) is 0 Å². The van der Waals surface area contributed by atoms with Gasteiger partial charge in [0.05, 0.1) is 6.61 Å². The zero-order valence-electron chi connectivity index (χ0n) is 9.61. The fraction of sp³-hybridized carbons (Fsp3) is 0.600. The Kier molecular flexibility index (Phi) is 10.3. The number of ether oxygens (including phenoxy) is 1. The molecule has 1 N–H and O–H groups in total. The molecule has 0 aromatic carbocycles. The summed E-state index contributed by atoms with van der Waals surface area (Å²) in [4.78, 5) is 40.1. The van der Waals surface area contributed by atoms with E-state index in [1.54, 1.807) is 13.8 Å². The first-order valence-electron chi connectivity index (χ1n) is 4.80. The molecule has 92 valence electrons. The summed E-state index contributed by atoms with van der Waals surface area (Å²) in [6.45, 7) is 4.86. The van der Waals surface area contributed by atoms with Crippen molar-refractivity contribution in [3.63, 3.8) is 0 Å². The highest BCUT2D eigenvalue weighted by molar-refractivity contribution is 6.32. The lowest BCUT2D eigenvalue weighted by atomic mass is 10.2. The lowest BCUT2D eigenvalue weighted by molar-refractivity contribution is -0.152. The maximum atomic E-state index is 10.2. The second-order valence-electron chi connectivity index (χ2n) is 2.75. The van der Waals surface area contributed by atoms with E-state index >= 15 is 0 Å². The average molecular weight is 232 g/mol. The summed E-state index contributed by atoms with van der Waals surface area (Å²) in [6, 6.07) is 0. The second kappa shape index (κ2) is 9.82. The van der Waals surface area contributed by atoms with Gasteiger partial charge in [0, 0.05) is 13.3 Å². The molecule has 0 amide bonds. The molecule has 6 heteroatoms. The first kappa shape index (κ1) is 16.7. The van der Waals surface area contributed by atoms with Gasteiger partial charge < -0.3 is 9.84 Å². The maximum absolute atomic E-state index is 10.2. The van der Waals surface area contributed by atoms with E-state index in [4.69, 9.17) is 5.11 Å². The highest BCUT2D eigenvalue weighted by atomic mass is 16.5. The predicted molar refractivity (Wildman–Crippen MR) is 54.9 cm³/mol. The van der Waals surface area contributed by atoms with E-state index in [0.29, 0.717) is 6.42 Å². The zero-order valence-corrected chi connectivity index (χ0v) is 9.61. The predicted octanol–water partition coefficient (Wildman–Crippen LogP) is 0.579. The first-order chi connectivity index (χ1) is 7.36. The molecule has 0 aromatic rings. The van der Waals surface area contributed by atoms with Crippen LogP contribution in [0.3, 0.4) is 0 Å². The van der Waals surface area contributed by atoms with Crippen LogP contribution < -0.4 is 0 Å². The van der Waals surface area contributed by atoms with Gasteiger partial charge in [-0.1, -0.05) is 6.92 Å². The molecule has 0 atom stereocenters. The molecule has 0 bridgehead atoms. The highest BCUT2D eigenvalue weighted by Gasteiger charge is 2.07. The quantitative estimate of drug-likeness (QED) is 0.550. The summed E-state index contributed by atoms with van der Waals surface area (Å²) in [5, 5.41) is 7.96. The van der Waals surface area contributed by atoms with Gasteiger partial charge in [0.2, 0.25) is 11.6 Å². The average Bonchev–Trinajstić information content (AvgIpc) is 2.19. The van der Waals surface area contributed by atoms with Crippen molar-refractivity contribution in [1.82, 2.24) is 0 Å². The minimum atomic E-state index is -1.33. The van der Waals surface area contributed by atoms with E-state index in [0.717, 1.165) is 0 Å². The van der Waals surface area contributed by atoms with Gasteiger partial charge in [-0.2, -0.15) is 0 Å². The summed E-state index contributed by atoms with van der Waals surface area (Å²) in [5.74, 6) is -3.33. The summed E-state index contributed by atoms with van der Waals surface area (Å²) in [6.07, 6.45) is 0.750. The van der Waals surface area contributed by atoms with E-state index in [1.807, 2.05) is 0 Å². The van der Waals surface area contributed by atoms with Gasteiger partial charge >= 0.3 is 11.9 Å². The number of aliphatic carboxylic acids is 1. The minimum absolute atomic E-state index is 0.148. The monoisotopic (exact) mass is 232 g/mol. The van der Waals surface area contributed by atoms with Gasteiger partial charge in [0.1, 0.15) is 0 Å². The molecule has 16 heavy (non-hydrogen) atoms. The minimum Gasteiger partial charge on any atom is -0.476 e. The lowest BCUT2D eigenvalue weighted by Gasteiger charge is -1.93.